The van der Waals surface area contributed by atoms with Crippen LogP contribution in [0.2, 0.25) is 0 Å². The van der Waals surface area contributed by atoms with E-state index in [0.29, 0.717) is 54.4 Å². The number of hydrogen-bond acceptors (Lipinski definition) is 6. The molecule has 1 fully saturated rings. The van der Waals surface area contributed by atoms with Gasteiger partial charge in [0, 0.05) is 38.3 Å². The fourth-order valence-electron chi connectivity index (χ4n) is 4.19. The van der Waals surface area contributed by atoms with Gasteiger partial charge in [0.05, 0.1) is 29.4 Å². The average Bonchev–Trinajstić information content (AvgIpc) is 2.78. The van der Waals surface area contributed by atoms with E-state index in [1.165, 1.54) is 11.8 Å². The maximum atomic E-state index is 13.3. The second kappa shape index (κ2) is 11.3. The molecule has 1 aromatic heterocycles. The summed E-state index contributed by atoms with van der Waals surface area (Å²) in [6.07, 6.45) is 0.998. The molecule has 0 radical (unpaired) electrons. The lowest BCUT2D eigenvalue weighted by Gasteiger charge is -2.32. The van der Waals surface area contributed by atoms with Gasteiger partial charge < -0.3 is 9.64 Å². The summed E-state index contributed by atoms with van der Waals surface area (Å²) in [6.45, 7) is 13.9. The van der Waals surface area contributed by atoms with Gasteiger partial charge in [-0.1, -0.05) is 30.8 Å². The van der Waals surface area contributed by atoms with Crippen LogP contribution in [0.5, 0.6) is 0 Å². The van der Waals surface area contributed by atoms with Crippen LogP contribution in [0.1, 0.15) is 41.0 Å². The van der Waals surface area contributed by atoms with Crippen LogP contribution in [-0.4, -0.2) is 75.4 Å². The Morgan fingerprint density at radius 3 is 2.66 bits per heavy atom. The van der Waals surface area contributed by atoms with E-state index in [9.17, 15) is 9.59 Å². The topological polar surface area (TPSA) is 67.7 Å². The van der Waals surface area contributed by atoms with E-state index in [4.69, 9.17) is 9.72 Å². The molecule has 1 atom stereocenters. The summed E-state index contributed by atoms with van der Waals surface area (Å²) in [7, 11) is 0. The molecule has 0 bridgehead atoms. The number of nitrogens with zero attached hydrogens (tertiary/aromatic N) is 4. The predicted octanol–water partition coefficient (Wildman–Crippen LogP) is 3.24. The zero-order valence-corrected chi connectivity index (χ0v) is 20.7. The molecule has 1 aromatic carbocycles. The van der Waals surface area contributed by atoms with Gasteiger partial charge in [-0.25, -0.2) is 4.98 Å². The third-order valence-corrected chi connectivity index (χ3v) is 6.97. The predicted molar refractivity (Wildman–Crippen MR) is 130 cm³/mol. The monoisotopic (exact) mass is 460 g/mol. The Morgan fingerprint density at radius 2 is 1.97 bits per heavy atom. The fourth-order valence-corrected chi connectivity index (χ4v) is 5.12. The van der Waals surface area contributed by atoms with E-state index in [1.807, 2.05) is 29.2 Å². The number of amides is 1. The molecule has 176 valence electrons. The summed E-state index contributed by atoms with van der Waals surface area (Å²) in [5.74, 6) is 0.330. The summed E-state index contributed by atoms with van der Waals surface area (Å²) in [6, 6.07) is 8.19. The van der Waals surface area contributed by atoms with Crippen molar-refractivity contribution in [2.24, 2.45) is 0 Å². The quantitative estimate of drug-likeness (QED) is 0.423. The van der Waals surface area contributed by atoms with Crippen LogP contribution in [0.25, 0.3) is 10.9 Å². The zero-order chi connectivity index (χ0) is 23.3. The number of rotatable bonds is 9. The minimum Gasteiger partial charge on any atom is -0.375 e. The Morgan fingerprint density at radius 1 is 1.25 bits per heavy atom. The molecule has 3 rings (SSSR count). The molecule has 0 N–H and O–H groups in total. The van der Waals surface area contributed by atoms with Crippen LogP contribution >= 0.6 is 11.8 Å². The molecule has 0 saturated carbocycles. The average molecular weight is 461 g/mol. The smallest absolute Gasteiger partial charge is 0.262 e. The number of aromatic nitrogens is 2. The van der Waals surface area contributed by atoms with Crippen LogP contribution in [0.15, 0.2) is 34.2 Å². The lowest BCUT2D eigenvalue weighted by molar-refractivity contribution is -0.135. The first kappa shape index (κ1) is 24.7. The SMILES string of the molecule is CCC1CN(C(=O)CSc2nc3ccccc3c(=O)n2CCN(C(C)C)C(C)C)CCO1. The number of para-hydroxylation sites is 1. The number of fused-ring (bicyclic) bond motifs is 1. The van der Waals surface area contributed by atoms with Crippen molar-refractivity contribution in [2.75, 3.05) is 32.0 Å². The molecule has 2 aromatic rings. The van der Waals surface area contributed by atoms with Crippen LogP contribution in [-0.2, 0) is 16.1 Å². The van der Waals surface area contributed by atoms with E-state index in [0.717, 1.165) is 13.0 Å². The highest BCUT2D eigenvalue weighted by Crippen LogP contribution is 2.20. The fraction of sp³-hybridized carbons (Fsp3) is 0.625. The van der Waals surface area contributed by atoms with Crippen molar-refractivity contribution in [1.29, 1.82) is 0 Å². The number of ether oxygens (including phenoxy) is 1. The van der Waals surface area contributed by atoms with Gasteiger partial charge in [0.15, 0.2) is 5.16 Å². The van der Waals surface area contributed by atoms with Gasteiger partial charge in [0.25, 0.3) is 5.56 Å². The number of carbonyl (C=O) groups excluding carboxylic acids is 1. The maximum Gasteiger partial charge on any atom is 0.262 e. The normalized spacial score (nSPS) is 17.1. The molecule has 0 spiro atoms. The van der Waals surface area contributed by atoms with Crippen LogP contribution in [0.3, 0.4) is 0 Å². The molecule has 8 heteroatoms. The molecule has 7 nitrogen and oxygen atoms in total. The highest BCUT2D eigenvalue weighted by atomic mass is 32.2. The standard InChI is InChI=1S/C24H36N4O3S/c1-6-19-15-26(13-14-31-19)22(29)16-32-24-25-21-10-8-7-9-20(21)23(30)28(24)12-11-27(17(2)3)18(4)5/h7-10,17-19H,6,11-16H2,1-5H3. The van der Waals surface area contributed by atoms with Crippen LogP contribution in [0.4, 0.5) is 0 Å². The van der Waals surface area contributed by atoms with Crippen molar-refractivity contribution < 1.29 is 9.53 Å². The van der Waals surface area contributed by atoms with E-state index in [1.54, 1.807) is 4.57 Å². The zero-order valence-electron chi connectivity index (χ0n) is 19.9. The van der Waals surface area contributed by atoms with E-state index in [2.05, 4.69) is 39.5 Å². The second-order valence-corrected chi connectivity index (χ2v) is 9.77. The Kier molecular flexibility index (Phi) is 8.73. The second-order valence-electron chi connectivity index (χ2n) is 8.82. The van der Waals surface area contributed by atoms with Gasteiger partial charge in [-0.2, -0.15) is 0 Å². The van der Waals surface area contributed by atoms with Crippen molar-refractivity contribution in [1.82, 2.24) is 19.4 Å². The Hall–Kier alpha value is -1.90. The van der Waals surface area contributed by atoms with Gasteiger partial charge in [-0.15, -0.1) is 0 Å². The van der Waals surface area contributed by atoms with Crippen LogP contribution < -0.4 is 5.56 Å². The van der Waals surface area contributed by atoms with E-state index < -0.39 is 0 Å². The van der Waals surface area contributed by atoms with Gasteiger partial charge in [0.2, 0.25) is 5.91 Å². The molecule has 1 saturated heterocycles. The Bertz CT molecular complexity index is 967. The molecule has 2 heterocycles. The Balaban J connectivity index is 1.82. The van der Waals surface area contributed by atoms with Gasteiger partial charge in [-0.3, -0.25) is 19.1 Å². The summed E-state index contributed by atoms with van der Waals surface area (Å²) in [5, 5.41) is 1.22. The van der Waals surface area contributed by atoms with Gasteiger partial charge >= 0.3 is 0 Å². The summed E-state index contributed by atoms with van der Waals surface area (Å²) >= 11 is 1.36. The Labute approximate surface area is 195 Å². The van der Waals surface area contributed by atoms with Crippen molar-refractivity contribution in [2.45, 2.75) is 70.9 Å². The first-order chi connectivity index (χ1) is 15.3. The minimum atomic E-state index is -0.0459. The number of benzene rings is 1. The maximum absolute atomic E-state index is 13.3. The third-order valence-electron chi connectivity index (χ3n) is 6.01. The molecule has 0 aliphatic carbocycles. The molecule has 1 aliphatic rings. The van der Waals surface area contributed by atoms with E-state index in [-0.39, 0.29) is 23.3 Å². The molecule has 1 unspecified atom stereocenters. The molecular weight excluding hydrogens is 424 g/mol. The van der Waals surface area contributed by atoms with Crippen molar-refractivity contribution in [3.05, 3.63) is 34.6 Å². The number of thioether (sulfide) groups is 1. The highest BCUT2D eigenvalue weighted by Gasteiger charge is 2.24. The van der Waals surface area contributed by atoms with Gasteiger partial charge in [-0.05, 0) is 46.2 Å². The first-order valence-electron chi connectivity index (χ1n) is 11.6. The number of morpholine rings is 1. The highest BCUT2D eigenvalue weighted by molar-refractivity contribution is 7.99. The third kappa shape index (κ3) is 5.91. The molecule has 1 amide bonds. The number of hydrogen-bond donors (Lipinski definition) is 0. The molecule has 1 aliphatic heterocycles. The lowest BCUT2D eigenvalue weighted by atomic mass is 10.2. The van der Waals surface area contributed by atoms with Gasteiger partial charge in [0.1, 0.15) is 0 Å². The summed E-state index contributed by atoms with van der Waals surface area (Å²) in [4.78, 5) is 35.2. The van der Waals surface area contributed by atoms with Crippen molar-refractivity contribution in [3.8, 4) is 0 Å². The minimum absolute atomic E-state index is 0.0459. The lowest BCUT2D eigenvalue weighted by Crippen LogP contribution is -2.46. The van der Waals surface area contributed by atoms with Crippen molar-refractivity contribution >= 4 is 28.6 Å². The number of carbonyl (C=O) groups is 1. The summed E-state index contributed by atoms with van der Waals surface area (Å²) in [5.41, 5.74) is 0.626. The summed E-state index contributed by atoms with van der Waals surface area (Å²) < 4.78 is 7.43. The van der Waals surface area contributed by atoms with Crippen LogP contribution in [0, 0.1) is 0 Å². The largest absolute Gasteiger partial charge is 0.375 e. The van der Waals surface area contributed by atoms with E-state index >= 15 is 0 Å². The first-order valence-corrected chi connectivity index (χ1v) is 12.6. The molecule has 32 heavy (non-hydrogen) atoms. The molecular formula is C24H36N4O3S. The van der Waals surface area contributed by atoms with Crippen molar-refractivity contribution in [3.63, 3.8) is 0 Å².